The van der Waals surface area contributed by atoms with E-state index < -0.39 is 0 Å². The summed E-state index contributed by atoms with van der Waals surface area (Å²) in [6.07, 6.45) is 0.00488. The first-order chi connectivity index (χ1) is 12.8. The number of likely N-dealkylation sites (tertiary alicyclic amines) is 1. The van der Waals surface area contributed by atoms with E-state index in [1.165, 1.54) is 0 Å². The summed E-state index contributed by atoms with van der Waals surface area (Å²) in [5.41, 5.74) is 2.98. The van der Waals surface area contributed by atoms with Gasteiger partial charge in [-0.2, -0.15) is 0 Å². The predicted octanol–water partition coefficient (Wildman–Crippen LogP) is 4.47. The van der Waals surface area contributed by atoms with Crippen LogP contribution in [0.4, 0.5) is 0 Å². The zero-order valence-electron chi connectivity index (χ0n) is 14.5. The average Bonchev–Trinajstić information content (AvgIpc) is 2.69. The fourth-order valence-electron chi connectivity index (χ4n) is 3.39. The number of carbonyl (C=O) groups is 1. The van der Waals surface area contributed by atoms with E-state index in [0.29, 0.717) is 13.2 Å². The molecule has 4 rings (SSSR count). The highest BCUT2D eigenvalue weighted by molar-refractivity contribution is 5.95. The van der Waals surface area contributed by atoms with Crippen LogP contribution in [0, 0.1) is 0 Å². The lowest BCUT2D eigenvalue weighted by molar-refractivity contribution is -0.0953. The first-order valence-corrected chi connectivity index (χ1v) is 8.89. The number of hydrogen-bond acceptors (Lipinski definition) is 2. The number of amides is 1. The third-order valence-electron chi connectivity index (χ3n) is 4.79. The first-order valence-electron chi connectivity index (χ1n) is 8.89. The van der Waals surface area contributed by atoms with Gasteiger partial charge in [-0.05, 0) is 23.3 Å². The molecule has 0 unspecified atom stereocenters. The normalized spacial score (nSPS) is 19.0. The molecule has 0 aromatic heterocycles. The van der Waals surface area contributed by atoms with Crippen molar-refractivity contribution in [1.29, 1.82) is 0 Å². The van der Waals surface area contributed by atoms with Crippen LogP contribution in [-0.2, 0) is 11.3 Å². The molecule has 0 aliphatic carbocycles. The molecule has 1 aliphatic rings. The number of ether oxygens (including phenoxy) is 1. The second-order valence-electron chi connectivity index (χ2n) is 6.51. The lowest BCUT2D eigenvalue weighted by atomic mass is 9.90. The van der Waals surface area contributed by atoms with Crippen molar-refractivity contribution in [3.05, 3.63) is 108 Å². The standard InChI is InChI=1S/C23H21NO2/c25-23(20-14-8-3-9-15-20)24-16-21(22(24)19-12-6-2-7-13-19)26-17-18-10-4-1-5-11-18/h1-15,21-22H,16-17H2/t21-,22-/m0/s1. The molecule has 130 valence electrons. The molecular weight excluding hydrogens is 322 g/mol. The molecule has 0 spiro atoms. The van der Waals surface area contributed by atoms with Gasteiger partial charge in [0.2, 0.25) is 0 Å². The van der Waals surface area contributed by atoms with Gasteiger partial charge in [0.1, 0.15) is 6.10 Å². The molecule has 1 aliphatic heterocycles. The number of carbonyl (C=O) groups excluding carboxylic acids is 1. The summed E-state index contributed by atoms with van der Waals surface area (Å²) < 4.78 is 6.15. The van der Waals surface area contributed by atoms with Crippen molar-refractivity contribution in [2.45, 2.75) is 18.8 Å². The summed E-state index contributed by atoms with van der Waals surface area (Å²) in [6.45, 7) is 1.17. The van der Waals surface area contributed by atoms with Gasteiger partial charge >= 0.3 is 0 Å². The third-order valence-corrected chi connectivity index (χ3v) is 4.79. The Bertz CT molecular complexity index is 849. The van der Waals surface area contributed by atoms with E-state index in [1.807, 2.05) is 71.6 Å². The highest BCUT2D eigenvalue weighted by Crippen LogP contribution is 2.37. The maximum atomic E-state index is 12.9. The lowest BCUT2D eigenvalue weighted by Gasteiger charge is -2.48. The van der Waals surface area contributed by atoms with Crippen LogP contribution in [0.5, 0.6) is 0 Å². The summed E-state index contributed by atoms with van der Waals surface area (Å²) in [4.78, 5) is 14.8. The van der Waals surface area contributed by atoms with E-state index >= 15 is 0 Å². The largest absolute Gasteiger partial charge is 0.369 e. The SMILES string of the molecule is O=C(c1ccccc1)N1C[C@H](OCc2ccccc2)[C@@H]1c1ccccc1. The van der Waals surface area contributed by atoms with Gasteiger partial charge in [-0.3, -0.25) is 4.79 Å². The Labute approximate surface area is 153 Å². The van der Waals surface area contributed by atoms with E-state index in [2.05, 4.69) is 24.3 Å². The van der Waals surface area contributed by atoms with Crippen LogP contribution in [0.2, 0.25) is 0 Å². The molecule has 0 radical (unpaired) electrons. The molecule has 3 aromatic rings. The van der Waals surface area contributed by atoms with Crippen molar-refractivity contribution in [2.24, 2.45) is 0 Å². The smallest absolute Gasteiger partial charge is 0.254 e. The molecule has 3 nitrogen and oxygen atoms in total. The molecule has 1 saturated heterocycles. The molecule has 1 heterocycles. The van der Waals surface area contributed by atoms with E-state index in [1.54, 1.807) is 0 Å². The van der Waals surface area contributed by atoms with Gasteiger partial charge in [0.05, 0.1) is 19.2 Å². The van der Waals surface area contributed by atoms with Crippen molar-refractivity contribution in [2.75, 3.05) is 6.54 Å². The van der Waals surface area contributed by atoms with Crippen molar-refractivity contribution >= 4 is 5.91 Å². The topological polar surface area (TPSA) is 29.5 Å². The van der Waals surface area contributed by atoms with Gasteiger partial charge in [0.15, 0.2) is 0 Å². The van der Waals surface area contributed by atoms with Gasteiger partial charge in [-0.1, -0.05) is 78.9 Å². The minimum Gasteiger partial charge on any atom is -0.369 e. The van der Waals surface area contributed by atoms with E-state index in [0.717, 1.165) is 16.7 Å². The fourth-order valence-corrected chi connectivity index (χ4v) is 3.39. The molecule has 0 N–H and O–H groups in total. The molecular formula is C23H21NO2. The van der Waals surface area contributed by atoms with Gasteiger partial charge in [0, 0.05) is 5.56 Å². The zero-order valence-corrected chi connectivity index (χ0v) is 14.5. The number of nitrogens with zero attached hydrogens (tertiary/aromatic N) is 1. The van der Waals surface area contributed by atoms with Crippen LogP contribution in [0.25, 0.3) is 0 Å². The van der Waals surface area contributed by atoms with Crippen LogP contribution in [0.3, 0.4) is 0 Å². The molecule has 3 heteroatoms. The Kier molecular flexibility index (Phi) is 4.80. The Balaban J connectivity index is 1.52. The van der Waals surface area contributed by atoms with E-state index in [9.17, 15) is 4.79 Å². The second kappa shape index (κ2) is 7.54. The number of benzene rings is 3. The zero-order chi connectivity index (χ0) is 17.8. The van der Waals surface area contributed by atoms with Crippen LogP contribution in [-0.4, -0.2) is 23.5 Å². The van der Waals surface area contributed by atoms with Gasteiger partial charge in [-0.25, -0.2) is 0 Å². The number of hydrogen-bond donors (Lipinski definition) is 0. The van der Waals surface area contributed by atoms with E-state index in [4.69, 9.17) is 4.74 Å². The molecule has 1 amide bonds. The fraction of sp³-hybridized carbons (Fsp3) is 0.174. The Morgan fingerprint density at radius 3 is 2.08 bits per heavy atom. The molecule has 0 bridgehead atoms. The van der Waals surface area contributed by atoms with Gasteiger partial charge < -0.3 is 9.64 Å². The van der Waals surface area contributed by atoms with Crippen molar-refractivity contribution in [3.8, 4) is 0 Å². The monoisotopic (exact) mass is 343 g/mol. The average molecular weight is 343 g/mol. The summed E-state index contributed by atoms with van der Waals surface area (Å²) in [5, 5.41) is 0. The highest BCUT2D eigenvalue weighted by atomic mass is 16.5. The van der Waals surface area contributed by atoms with E-state index in [-0.39, 0.29) is 18.1 Å². The highest BCUT2D eigenvalue weighted by Gasteiger charge is 2.43. The summed E-state index contributed by atoms with van der Waals surface area (Å²) in [5.74, 6) is 0.0546. The predicted molar refractivity (Wildman–Crippen MR) is 102 cm³/mol. The summed E-state index contributed by atoms with van der Waals surface area (Å²) >= 11 is 0. The van der Waals surface area contributed by atoms with Crippen LogP contribution in [0.1, 0.15) is 27.5 Å². The Hall–Kier alpha value is -2.91. The molecule has 0 saturated carbocycles. The summed E-state index contributed by atoms with van der Waals surface area (Å²) in [7, 11) is 0. The van der Waals surface area contributed by atoms with Crippen LogP contribution in [0.15, 0.2) is 91.0 Å². The quantitative estimate of drug-likeness (QED) is 0.684. The second-order valence-corrected chi connectivity index (χ2v) is 6.51. The minimum absolute atomic E-state index is 0.00488. The van der Waals surface area contributed by atoms with Crippen molar-refractivity contribution in [1.82, 2.24) is 4.90 Å². The Morgan fingerprint density at radius 1 is 0.846 bits per heavy atom. The van der Waals surface area contributed by atoms with Crippen molar-refractivity contribution < 1.29 is 9.53 Å². The van der Waals surface area contributed by atoms with Crippen LogP contribution >= 0.6 is 0 Å². The first kappa shape index (κ1) is 16.6. The maximum absolute atomic E-state index is 12.9. The lowest BCUT2D eigenvalue weighted by Crippen LogP contribution is -2.57. The molecule has 26 heavy (non-hydrogen) atoms. The Morgan fingerprint density at radius 2 is 1.42 bits per heavy atom. The molecule has 3 aromatic carbocycles. The molecule has 2 atom stereocenters. The maximum Gasteiger partial charge on any atom is 0.254 e. The van der Waals surface area contributed by atoms with Gasteiger partial charge in [0.25, 0.3) is 5.91 Å². The van der Waals surface area contributed by atoms with Crippen molar-refractivity contribution in [3.63, 3.8) is 0 Å². The van der Waals surface area contributed by atoms with Gasteiger partial charge in [-0.15, -0.1) is 0 Å². The third kappa shape index (κ3) is 3.39. The number of rotatable bonds is 5. The minimum atomic E-state index is -0.0485. The summed E-state index contributed by atoms with van der Waals surface area (Å²) in [6, 6.07) is 29.7. The van der Waals surface area contributed by atoms with Crippen LogP contribution < -0.4 is 0 Å². The molecule has 1 fully saturated rings.